The molecule has 0 saturated carbocycles. The highest BCUT2D eigenvalue weighted by atomic mass is 32.2. The Bertz CT molecular complexity index is 767. The molecule has 0 aromatic heterocycles. The fourth-order valence-electron chi connectivity index (χ4n) is 2.95. The summed E-state index contributed by atoms with van der Waals surface area (Å²) in [4.78, 5) is 14.4. The summed E-state index contributed by atoms with van der Waals surface area (Å²) in [5, 5.41) is 11.7. The molecular weight excluding hydrogens is 352 g/mol. The molecule has 1 aliphatic heterocycles. The van der Waals surface area contributed by atoms with E-state index in [1.165, 1.54) is 10.4 Å². The van der Waals surface area contributed by atoms with Crippen LogP contribution in [0.4, 0.5) is 5.69 Å². The van der Waals surface area contributed by atoms with Crippen molar-refractivity contribution < 1.29 is 13.2 Å². The van der Waals surface area contributed by atoms with E-state index >= 15 is 0 Å². The van der Waals surface area contributed by atoms with Crippen LogP contribution in [0, 0.1) is 17.2 Å². The van der Waals surface area contributed by atoms with Gasteiger partial charge < -0.3 is 5.32 Å². The maximum atomic E-state index is 12.6. The Labute approximate surface area is 155 Å². The Kier molecular flexibility index (Phi) is 7.14. The average Bonchev–Trinajstić information content (AvgIpc) is 3.16. The van der Waals surface area contributed by atoms with Gasteiger partial charge in [0.2, 0.25) is 15.9 Å². The highest BCUT2D eigenvalue weighted by molar-refractivity contribution is 7.89. The van der Waals surface area contributed by atoms with E-state index in [9.17, 15) is 13.2 Å². The third kappa shape index (κ3) is 5.27. The van der Waals surface area contributed by atoms with Crippen LogP contribution >= 0.6 is 0 Å². The molecule has 1 heterocycles. The number of amides is 1. The van der Waals surface area contributed by atoms with Crippen LogP contribution in [0.1, 0.15) is 26.7 Å². The molecule has 1 aromatic rings. The third-order valence-electron chi connectivity index (χ3n) is 4.39. The van der Waals surface area contributed by atoms with Gasteiger partial charge in [-0.25, -0.2) is 8.42 Å². The van der Waals surface area contributed by atoms with Crippen LogP contribution in [-0.4, -0.2) is 56.3 Å². The molecule has 1 atom stereocenters. The summed E-state index contributed by atoms with van der Waals surface area (Å²) in [5.74, 6) is -0.385. The monoisotopic (exact) mass is 378 g/mol. The number of benzene rings is 1. The predicted octanol–water partition coefficient (Wildman–Crippen LogP) is 1.89. The number of likely N-dealkylation sites (N-methyl/N-ethyl adjacent to an activating group) is 1. The molecule has 1 saturated heterocycles. The quantitative estimate of drug-likeness (QED) is 0.746. The first kappa shape index (κ1) is 20.4. The predicted molar refractivity (Wildman–Crippen MR) is 100.0 cm³/mol. The summed E-state index contributed by atoms with van der Waals surface area (Å²) in [6, 6.07) is 8.52. The molecule has 1 N–H and O–H groups in total. The van der Waals surface area contributed by atoms with Crippen molar-refractivity contribution in [3.63, 3.8) is 0 Å². The smallest absolute Gasteiger partial charge is 0.243 e. The van der Waals surface area contributed by atoms with Crippen LogP contribution in [0.3, 0.4) is 0 Å². The minimum Gasteiger partial charge on any atom is -0.325 e. The first-order valence-corrected chi connectivity index (χ1v) is 10.3. The van der Waals surface area contributed by atoms with Crippen molar-refractivity contribution in [1.82, 2.24) is 9.21 Å². The molecule has 0 aliphatic carbocycles. The van der Waals surface area contributed by atoms with Crippen molar-refractivity contribution in [1.29, 1.82) is 5.26 Å². The Hall–Kier alpha value is -1.95. The van der Waals surface area contributed by atoms with E-state index in [4.69, 9.17) is 5.26 Å². The fraction of sp³-hybridized carbons (Fsp3) is 0.556. The topological polar surface area (TPSA) is 93.5 Å². The van der Waals surface area contributed by atoms with E-state index in [0.29, 0.717) is 31.9 Å². The molecule has 0 radical (unpaired) electrons. The number of hydrogen-bond donors (Lipinski definition) is 1. The molecule has 0 bridgehead atoms. The van der Waals surface area contributed by atoms with Crippen molar-refractivity contribution in [3.8, 4) is 6.07 Å². The van der Waals surface area contributed by atoms with E-state index in [0.717, 1.165) is 12.8 Å². The van der Waals surface area contributed by atoms with Gasteiger partial charge in [0.25, 0.3) is 0 Å². The number of sulfonamides is 1. The number of nitriles is 1. The van der Waals surface area contributed by atoms with Crippen LogP contribution < -0.4 is 5.32 Å². The number of nitrogens with zero attached hydrogens (tertiary/aromatic N) is 3. The lowest BCUT2D eigenvalue weighted by Gasteiger charge is -2.21. The van der Waals surface area contributed by atoms with Crippen molar-refractivity contribution in [2.75, 3.05) is 38.0 Å². The minimum absolute atomic E-state index is 0.156. The Balaban J connectivity index is 2.03. The highest BCUT2D eigenvalue weighted by Crippen LogP contribution is 2.23. The van der Waals surface area contributed by atoms with Gasteiger partial charge in [-0.1, -0.05) is 13.0 Å². The first-order valence-electron chi connectivity index (χ1n) is 8.89. The zero-order chi connectivity index (χ0) is 19.2. The van der Waals surface area contributed by atoms with Gasteiger partial charge in [-0.3, -0.25) is 9.69 Å². The second-order valence-corrected chi connectivity index (χ2v) is 8.48. The number of carbonyl (C=O) groups is 1. The second-order valence-electron chi connectivity index (χ2n) is 6.55. The molecule has 1 unspecified atom stereocenters. The summed E-state index contributed by atoms with van der Waals surface area (Å²) in [6.07, 6.45) is 1.76. The number of nitrogens with one attached hydrogen (secondary N) is 1. The lowest BCUT2D eigenvalue weighted by Crippen LogP contribution is -2.35. The Morgan fingerprint density at radius 2 is 2.08 bits per heavy atom. The fourth-order valence-corrected chi connectivity index (χ4v) is 4.51. The van der Waals surface area contributed by atoms with Gasteiger partial charge in [0.05, 0.1) is 23.4 Å². The average molecular weight is 378 g/mol. The summed E-state index contributed by atoms with van der Waals surface area (Å²) in [5.41, 5.74) is 0.458. The summed E-state index contributed by atoms with van der Waals surface area (Å²) < 4.78 is 26.7. The molecule has 1 fully saturated rings. The first-order chi connectivity index (χ1) is 12.4. The number of rotatable bonds is 8. The SMILES string of the molecule is CCN(CC(=O)Nc1cccc(S(=O)(=O)N2CCCC2)c1)CC(C)C#N. The minimum atomic E-state index is -3.51. The van der Waals surface area contributed by atoms with Crippen molar-refractivity contribution >= 4 is 21.6 Å². The second kappa shape index (κ2) is 9.12. The van der Waals surface area contributed by atoms with Gasteiger partial charge >= 0.3 is 0 Å². The maximum Gasteiger partial charge on any atom is 0.243 e. The van der Waals surface area contributed by atoms with E-state index in [2.05, 4.69) is 11.4 Å². The zero-order valence-electron chi connectivity index (χ0n) is 15.3. The van der Waals surface area contributed by atoms with Crippen molar-refractivity contribution in [2.24, 2.45) is 5.92 Å². The van der Waals surface area contributed by atoms with Crippen LogP contribution in [0.15, 0.2) is 29.2 Å². The summed E-state index contributed by atoms with van der Waals surface area (Å²) >= 11 is 0. The lowest BCUT2D eigenvalue weighted by atomic mass is 10.2. The molecular formula is C18H26N4O3S. The molecule has 1 aliphatic rings. The number of carbonyl (C=O) groups excluding carboxylic acids is 1. The van der Waals surface area contributed by atoms with E-state index < -0.39 is 10.0 Å². The highest BCUT2D eigenvalue weighted by Gasteiger charge is 2.27. The summed E-state index contributed by atoms with van der Waals surface area (Å²) in [6.45, 7) is 6.16. The van der Waals surface area contributed by atoms with Gasteiger partial charge in [0.1, 0.15) is 0 Å². The normalized spacial score (nSPS) is 16.4. The van der Waals surface area contributed by atoms with Crippen LogP contribution in [-0.2, 0) is 14.8 Å². The molecule has 1 aromatic carbocycles. The van der Waals surface area contributed by atoms with Crippen LogP contribution in [0.2, 0.25) is 0 Å². The third-order valence-corrected chi connectivity index (χ3v) is 6.28. The van der Waals surface area contributed by atoms with Gasteiger partial charge in [-0.2, -0.15) is 9.57 Å². The van der Waals surface area contributed by atoms with E-state index in [1.54, 1.807) is 18.2 Å². The maximum absolute atomic E-state index is 12.6. The molecule has 142 valence electrons. The molecule has 26 heavy (non-hydrogen) atoms. The van der Waals surface area contributed by atoms with Gasteiger partial charge in [-0.05, 0) is 44.5 Å². The van der Waals surface area contributed by atoms with E-state index in [-0.39, 0.29) is 23.3 Å². The lowest BCUT2D eigenvalue weighted by molar-refractivity contribution is -0.117. The standard InChI is InChI=1S/C18H26N4O3S/c1-3-21(13-15(2)12-19)14-18(23)20-16-7-6-8-17(11-16)26(24,25)22-9-4-5-10-22/h6-8,11,15H,3-5,9-10,13-14H2,1-2H3,(H,20,23). The number of hydrogen-bond acceptors (Lipinski definition) is 5. The molecule has 0 spiro atoms. The molecule has 7 nitrogen and oxygen atoms in total. The molecule has 2 rings (SSSR count). The van der Waals surface area contributed by atoms with Gasteiger partial charge in [0, 0.05) is 25.3 Å². The van der Waals surface area contributed by atoms with Crippen molar-refractivity contribution in [2.45, 2.75) is 31.6 Å². The van der Waals surface area contributed by atoms with E-state index in [1.807, 2.05) is 18.7 Å². The summed E-state index contributed by atoms with van der Waals surface area (Å²) in [7, 11) is -3.51. The zero-order valence-corrected chi connectivity index (χ0v) is 16.1. The number of anilines is 1. The van der Waals surface area contributed by atoms with Crippen molar-refractivity contribution in [3.05, 3.63) is 24.3 Å². The Morgan fingerprint density at radius 3 is 2.69 bits per heavy atom. The Morgan fingerprint density at radius 1 is 1.38 bits per heavy atom. The molecule has 8 heteroatoms. The van der Waals surface area contributed by atoms with Crippen LogP contribution in [0.25, 0.3) is 0 Å². The van der Waals surface area contributed by atoms with Crippen LogP contribution in [0.5, 0.6) is 0 Å². The largest absolute Gasteiger partial charge is 0.325 e. The van der Waals surface area contributed by atoms with Gasteiger partial charge in [0.15, 0.2) is 0 Å². The molecule has 1 amide bonds. The van der Waals surface area contributed by atoms with Gasteiger partial charge in [-0.15, -0.1) is 0 Å².